The van der Waals surface area contributed by atoms with E-state index in [2.05, 4.69) is 36.8 Å². The predicted molar refractivity (Wildman–Crippen MR) is 97.9 cm³/mol. The SMILES string of the molecule is C=CCN(CC=C)C(=O)c1c(C)c2ccccc2n1CCCC. The summed E-state index contributed by atoms with van der Waals surface area (Å²) in [4.78, 5) is 14.9. The van der Waals surface area contributed by atoms with Gasteiger partial charge in [-0.1, -0.05) is 43.7 Å². The third kappa shape index (κ3) is 3.39. The van der Waals surface area contributed by atoms with Gasteiger partial charge < -0.3 is 9.47 Å². The van der Waals surface area contributed by atoms with Gasteiger partial charge >= 0.3 is 0 Å². The lowest BCUT2D eigenvalue weighted by Crippen LogP contribution is -2.33. The fourth-order valence-electron chi connectivity index (χ4n) is 3.00. The summed E-state index contributed by atoms with van der Waals surface area (Å²) < 4.78 is 2.18. The highest BCUT2D eigenvalue weighted by molar-refractivity contribution is 6.01. The maximum atomic E-state index is 13.1. The summed E-state index contributed by atoms with van der Waals surface area (Å²) >= 11 is 0. The molecule has 0 aliphatic carbocycles. The van der Waals surface area contributed by atoms with Crippen molar-refractivity contribution in [1.29, 1.82) is 0 Å². The molecule has 0 fully saturated rings. The molecular weight excluding hydrogens is 284 g/mol. The summed E-state index contributed by atoms with van der Waals surface area (Å²) in [5.41, 5.74) is 2.99. The Labute approximate surface area is 138 Å². The highest BCUT2D eigenvalue weighted by atomic mass is 16.2. The molecule has 122 valence electrons. The second-order valence-corrected chi connectivity index (χ2v) is 5.78. The second-order valence-electron chi connectivity index (χ2n) is 5.78. The lowest BCUT2D eigenvalue weighted by molar-refractivity contribution is 0.0779. The van der Waals surface area contributed by atoms with Gasteiger partial charge in [-0.3, -0.25) is 4.79 Å². The van der Waals surface area contributed by atoms with Gasteiger partial charge in [-0.05, 0) is 25.0 Å². The predicted octanol–water partition coefficient (Wildman–Crippen LogP) is 4.56. The summed E-state index contributed by atoms with van der Waals surface area (Å²) in [7, 11) is 0. The van der Waals surface area contributed by atoms with Gasteiger partial charge in [-0.15, -0.1) is 13.2 Å². The Balaban J connectivity index is 2.56. The Bertz CT molecular complexity index is 702. The fourth-order valence-corrected chi connectivity index (χ4v) is 3.00. The van der Waals surface area contributed by atoms with Crippen LogP contribution < -0.4 is 0 Å². The zero-order valence-corrected chi connectivity index (χ0v) is 14.2. The number of benzene rings is 1. The van der Waals surface area contributed by atoms with Crippen LogP contribution in [-0.2, 0) is 6.54 Å². The van der Waals surface area contributed by atoms with E-state index < -0.39 is 0 Å². The van der Waals surface area contributed by atoms with Crippen LogP contribution in [0.15, 0.2) is 49.6 Å². The quantitative estimate of drug-likeness (QED) is 0.656. The largest absolute Gasteiger partial charge is 0.336 e. The summed E-state index contributed by atoms with van der Waals surface area (Å²) in [5.74, 6) is 0.0506. The van der Waals surface area contributed by atoms with Crippen LogP contribution in [0.1, 0.15) is 35.8 Å². The molecule has 1 heterocycles. The molecule has 1 aromatic carbocycles. The van der Waals surface area contributed by atoms with E-state index in [0.29, 0.717) is 13.1 Å². The van der Waals surface area contributed by atoms with Crippen LogP contribution in [0.2, 0.25) is 0 Å². The lowest BCUT2D eigenvalue weighted by Gasteiger charge is -2.21. The minimum absolute atomic E-state index is 0.0506. The van der Waals surface area contributed by atoms with Gasteiger partial charge in [0.05, 0.1) is 0 Å². The van der Waals surface area contributed by atoms with Crippen molar-refractivity contribution in [2.24, 2.45) is 0 Å². The number of aromatic nitrogens is 1. The standard InChI is InChI=1S/C20H26N2O/c1-5-8-15-22-18-12-10-9-11-17(18)16(4)19(22)20(23)21(13-6-2)14-7-3/h6-7,9-12H,2-3,5,8,13-15H2,1,4H3. The van der Waals surface area contributed by atoms with Crippen LogP contribution in [0.3, 0.4) is 0 Å². The summed E-state index contributed by atoms with van der Waals surface area (Å²) in [6.45, 7) is 13.6. The van der Waals surface area contributed by atoms with Gasteiger partial charge in [-0.2, -0.15) is 0 Å². The van der Waals surface area contributed by atoms with Crippen molar-refractivity contribution in [3.63, 3.8) is 0 Å². The van der Waals surface area contributed by atoms with Gasteiger partial charge in [0.1, 0.15) is 5.69 Å². The first-order valence-electron chi connectivity index (χ1n) is 8.24. The minimum atomic E-state index is 0.0506. The topological polar surface area (TPSA) is 25.2 Å². The van der Waals surface area contributed by atoms with Crippen molar-refractivity contribution in [2.45, 2.75) is 33.2 Å². The molecule has 0 atom stereocenters. The van der Waals surface area contributed by atoms with E-state index in [1.165, 1.54) is 0 Å². The van der Waals surface area contributed by atoms with Crippen LogP contribution in [0.25, 0.3) is 10.9 Å². The van der Waals surface area contributed by atoms with Crippen molar-refractivity contribution in [1.82, 2.24) is 9.47 Å². The molecule has 3 nitrogen and oxygen atoms in total. The molecule has 0 aliphatic heterocycles. The van der Waals surface area contributed by atoms with E-state index in [1.807, 2.05) is 19.1 Å². The number of hydrogen-bond acceptors (Lipinski definition) is 1. The molecule has 0 saturated heterocycles. The Hall–Kier alpha value is -2.29. The average Bonchev–Trinajstić information content (AvgIpc) is 2.85. The molecule has 3 heteroatoms. The molecule has 0 aliphatic rings. The number of amides is 1. The number of carbonyl (C=O) groups excluding carboxylic acids is 1. The van der Waals surface area contributed by atoms with Gasteiger partial charge in [0.2, 0.25) is 0 Å². The van der Waals surface area contributed by atoms with E-state index in [0.717, 1.165) is 41.5 Å². The number of hydrogen-bond donors (Lipinski definition) is 0. The summed E-state index contributed by atoms with van der Waals surface area (Å²) in [5, 5.41) is 1.16. The maximum Gasteiger partial charge on any atom is 0.271 e. The summed E-state index contributed by atoms with van der Waals surface area (Å²) in [6, 6.07) is 8.25. The molecule has 0 saturated carbocycles. The number of unbranched alkanes of at least 4 members (excludes halogenated alkanes) is 1. The third-order valence-electron chi connectivity index (χ3n) is 4.15. The van der Waals surface area contributed by atoms with Crippen LogP contribution in [0, 0.1) is 6.92 Å². The van der Waals surface area contributed by atoms with Gasteiger partial charge in [0, 0.05) is 30.5 Å². The molecule has 0 spiro atoms. The van der Waals surface area contributed by atoms with Crippen LogP contribution in [-0.4, -0.2) is 28.5 Å². The first-order valence-corrected chi connectivity index (χ1v) is 8.24. The smallest absolute Gasteiger partial charge is 0.271 e. The van der Waals surface area contributed by atoms with Crippen molar-refractivity contribution in [2.75, 3.05) is 13.1 Å². The van der Waals surface area contributed by atoms with Crippen LogP contribution >= 0.6 is 0 Å². The van der Waals surface area contributed by atoms with E-state index in [-0.39, 0.29) is 5.91 Å². The van der Waals surface area contributed by atoms with Gasteiger partial charge in [0.25, 0.3) is 5.91 Å². The normalized spacial score (nSPS) is 10.7. The molecule has 1 amide bonds. The summed E-state index contributed by atoms with van der Waals surface area (Å²) in [6.07, 6.45) is 5.68. The van der Waals surface area contributed by atoms with Crippen molar-refractivity contribution < 1.29 is 4.79 Å². The Kier molecular flexibility index (Phi) is 5.80. The van der Waals surface area contributed by atoms with Crippen LogP contribution in [0.5, 0.6) is 0 Å². The number of nitrogens with zero attached hydrogens (tertiary/aromatic N) is 2. The van der Waals surface area contributed by atoms with Gasteiger partial charge in [-0.25, -0.2) is 0 Å². The Morgan fingerprint density at radius 3 is 2.48 bits per heavy atom. The first kappa shape index (κ1) is 17.1. The fraction of sp³-hybridized carbons (Fsp3) is 0.350. The van der Waals surface area contributed by atoms with E-state index >= 15 is 0 Å². The molecule has 2 aromatic rings. The molecular formula is C20H26N2O. The van der Waals surface area contributed by atoms with Crippen LogP contribution in [0.4, 0.5) is 0 Å². The zero-order valence-electron chi connectivity index (χ0n) is 14.2. The number of carbonyl (C=O) groups is 1. The first-order chi connectivity index (χ1) is 11.2. The average molecular weight is 310 g/mol. The number of para-hydroxylation sites is 1. The number of rotatable bonds is 8. The highest BCUT2D eigenvalue weighted by Gasteiger charge is 2.23. The second kappa shape index (κ2) is 7.82. The van der Waals surface area contributed by atoms with Gasteiger partial charge in [0.15, 0.2) is 0 Å². The van der Waals surface area contributed by atoms with Crippen molar-refractivity contribution >= 4 is 16.8 Å². The molecule has 1 aromatic heterocycles. The zero-order chi connectivity index (χ0) is 16.8. The highest BCUT2D eigenvalue weighted by Crippen LogP contribution is 2.27. The minimum Gasteiger partial charge on any atom is -0.336 e. The van der Waals surface area contributed by atoms with E-state index in [9.17, 15) is 4.79 Å². The van der Waals surface area contributed by atoms with Crippen molar-refractivity contribution in [3.8, 4) is 0 Å². The molecule has 0 unspecified atom stereocenters. The van der Waals surface area contributed by atoms with E-state index in [1.54, 1.807) is 17.1 Å². The molecule has 0 radical (unpaired) electrons. The molecule has 0 bridgehead atoms. The molecule has 23 heavy (non-hydrogen) atoms. The number of fused-ring (bicyclic) bond motifs is 1. The Morgan fingerprint density at radius 1 is 1.22 bits per heavy atom. The Morgan fingerprint density at radius 2 is 1.87 bits per heavy atom. The third-order valence-corrected chi connectivity index (χ3v) is 4.15. The number of aryl methyl sites for hydroxylation is 2. The van der Waals surface area contributed by atoms with E-state index in [4.69, 9.17) is 0 Å². The molecule has 0 N–H and O–H groups in total. The van der Waals surface area contributed by atoms with Crippen molar-refractivity contribution in [3.05, 3.63) is 60.8 Å². The lowest BCUT2D eigenvalue weighted by atomic mass is 10.1. The monoisotopic (exact) mass is 310 g/mol. The maximum absolute atomic E-state index is 13.1. The molecule has 2 rings (SSSR count).